The fourth-order valence-corrected chi connectivity index (χ4v) is 4.04. The molecule has 1 aliphatic heterocycles. The van der Waals surface area contributed by atoms with E-state index in [-0.39, 0.29) is 10.8 Å². The number of carbonyl (C=O) groups is 1. The molecule has 1 aliphatic rings. The summed E-state index contributed by atoms with van der Waals surface area (Å²) in [5.41, 5.74) is 4.27. The minimum absolute atomic E-state index is 0.0657. The Morgan fingerprint density at radius 3 is 2.19 bits per heavy atom. The summed E-state index contributed by atoms with van der Waals surface area (Å²) in [6.45, 7) is 7.08. The molecule has 1 amide bonds. The van der Waals surface area contributed by atoms with Crippen LogP contribution < -0.4 is 9.62 Å². The summed E-state index contributed by atoms with van der Waals surface area (Å²) in [7, 11) is -2.13. The average molecular weight is 388 g/mol. The van der Waals surface area contributed by atoms with Gasteiger partial charge in [0.15, 0.2) is 0 Å². The van der Waals surface area contributed by atoms with Crippen LogP contribution in [0.15, 0.2) is 47.4 Å². The molecule has 1 saturated heterocycles. The third-order valence-electron chi connectivity index (χ3n) is 5.16. The molecule has 1 heterocycles. The molecule has 0 bridgehead atoms. The molecule has 0 atom stereocenters. The third kappa shape index (κ3) is 3.99. The number of anilines is 1. The maximum absolute atomic E-state index is 12.7. The van der Waals surface area contributed by atoms with E-state index in [0.29, 0.717) is 18.7 Å². The number of nitrogens with zero attached hydrogens (tertiary/aromatic N) is 2. The number of rotatable bonds is 4. The molecule has 1 N–H and O–H groups in total. The highest BCUT2D eigenvalue weighted by Gasteiger charge is 2.23. The quantitative estimate of drug-likeness (QED) is 0.873. The van der Waals surface area contributed by atoms with Crippen LogP contribution in [0.25, 0.3) is 0 Å². The molecule has 6 nitrogen and oxygen atoms in total. The molecule has 1 fully saturated rings. The molecular weight excluding hydrogens is 362 g/mol. The third-order valence-corrected chi connectivity index (χ3v) is 6.59. The van der Waals surface area contributed by atoms with Crippen molar-refractivity contribution in [2.75, 3.05) is 38.1 Å². The van der Waals surface area contributed by atoms with Gasteiger partial charge in [-0.25, -0.2) is 13.1 Å². The first-order chi connectivity index (χ1) is 12.8. The Balaban J connectivity index is 1.67. The maximum Gasteiger partial charge on any atom is 0.253 e. The molecule has 2 aromatic carbocycles. The fraction of sp³-hybridized carbons (Fsp3) is 0.350. The molecule has 0 spiro atoms. The summed E-state index contributed by atoms with van der Waals surface area (Å²) in [5, 5.41) is 0. The van der Waals surface area contributed by atoms with Crippen molar-refractivity contribution in [3.63, 3.8) is 0 Å². The highest BCUT2D eigenvalue weighted by Crippen LogP contribution is 2.24. The first-order valence-corrected chi connectivity index (χ1v) is 10.5. The lowest BCUT2D eigenvalue weighted by Crippen LogP contribution is -2.49. The van der Waals surface area contributed by atoms with Crippen LogP contribution in [0.1, 0.15) is 21.5 Å². The van der Waals surface area contributed by atoms with Gasteiger partial charge in [-0.3, -0.25) is 4.79 Å². The van der Waals surface area contributed by atoms with E-state index >= 15 is 0 Å². The molecule has 2 aromatic rings. The Morgan fingerprint density at radius 2 is 1.59 bits per heavy atom. The molecule has 0 unspecified atom stereocenters. The highest BCUT2D eigenvalue weighted by atomic mass is 32.2. The van der Waals surface area contributed by atoms with E-state index in [1.165, 1.54) is 36.0 Å². The second-order valence-corrected chi connectivity index (χ2v) is 8.62. The second-order valence-electron chi connectivity index (χ2n) is 6.73. The van der Waals surface area contributed by atoms with Crippen molar-refractivity contribution >= 4 is 21.6 Å². The van der Waals surface area contributed by atoms with Gasteiger partial charge in [-0.15, -0.1) is 0 Å². The minimum Gasteiger partial charge on any atom is -0.368 e. The number of carbonyl (C=O) groups excluding carboxylic acids is 1. The van der Waals surface area contributed by atoms with E-state index in [4.69, 9.17) is 0 Å². The van der Waals surface area contributed by atoms with Gasteiger partial charge < -0.3 is 9.80 Å². The number of nitrogens with one attached hydrogen (secondary N) is 1. The second kappa shape index (κ2) is 7.70. The number of sulfonamides is 1. The molecule has 0 saturated carbocycles. The fourth-order valence-electron chi connectivity index (χ4n) is 3.31. The van der Waals surface area contributed by atoms with Crippen molar-refractivity contribution in [1.29, 1.82) is 0 Å². The highest BCUT2D eigenvalue weighted by molar-refractivity contribution is 7.89. The molecule has 3 rings (SSSR count). The van der Waals surface area contributed by atoms with Gasteiger partial charge in [0, 0.05) is 37.4 Å². The van der Waals surface area contributed by atoms with Gasteiger partial charge in [-0.05, 0) is 62.4 Å². The summed E-state index contributed by atoms with van der Waals surface area (Å²) >= 11 is 0. The minimum atomic E-state index is -3.49. The van der Waals surface area contributed by atoms with Crippen molar-refractivity contribution in [1.82, 2.24) is 9.62 Å². The predicted molar refractivity (Wildman–Crippen MR) is 107 cm³/mol. The number of aryl methyl sites for hydroxylation is 1. The first kappa shape index (κ1) is 19.4. The molecule has 0 radical (unpaired) electrons. The van der Waals surface area contributed by atoms with E-state index in [2.05, 4.69) is 41.7 Å². The topological polar surface area (TPSA) is 69.7 Å². The van der Waals surface area contributed by atoms with Crippen LogP contribution in [-0.2, 0) is 10.0 Å². The van der Waals surface area contributed by atoms with Gasteiger partial charge in [0.2, 0.25) is 10.0 Å². The number of piperazine rings is 1. The van der Waals surface area contributed by atoms with Crippen LogP contribution in [0.5, 0.6) is 0 Å². The first-order valence-electron chi connectivity index (χ1n) is 8.97. The molecule has 144 valence electrons. The summed E-state index contributed by atoms with van der Waals surface area (Å²) in [5.74, 6) is -0.0657. The zero-order valence-electron chi connectivity index (χ0n) is 15.9. The molecule has 27 heavy (non-hydrogen) atoms. The van der Waals surface area contributed by atoms with Crippen molar-refractivity contribution in [2.24, 2.45) is 0 Å². The average Bonchev–Trinajstić information content (AvgIpc) is 2.70. The van der Waals surface area contributed by atoms with Crippen LogP contribution in [0, 0.1) is 13.8 Å². The van der Waals surface area contributed by atoms with Crippen molar-refractivity contribution in [3.05, 3.63) is 59.2 Å². The predicted octanol–water partition coefficient (Wildman–Crippen LogP) is 2.17. The SMILES string of the molecule is CNS(=O)(=O)c1ccc(C(=O)N2CCN(c3cccc(C)c3C)CC2)cc1. The van der Waals surface area contributed by atoms with Gasteiger partial charge in [-0.1, -0.05) is 12.1 Å². The van der Waals surface area contributed by atoms with Crippen molar-refractivity contribution < 1.29 is 13.2 Å². The van der Waals surface area contributed by atoms with Gasteiger partial charge in [0.25, 0.3) is 5.91 Å². The van der Waals surface area contributed by atoms with Gasteiger partial charge >= 0.3 is 0 Å². The Morgan fingerprint density at radius 1 is 0.963 bits per heavy atom. The Hall–Kier alpha value is -2.38. The van der Waals surface area contributed by atoms with Gasteiger partial charge in [0.05, 0.1) is 4.90 Å². The molecular formula is C20H25N3O3S. The summed E-state index contributed by atoms with van der Waals surface area (Å²) in [4.78, 5) is 17.0. The largest absolute Gasteiger partial charge is 0.368 e. The van der Waals surface area contributed by atoms with Crippen LogP contribution in [0.4, 0.5) is 5.69 Å². The lowest BCUT2D eigenvalue weighted by atomic mass is 10.1. The monoisotopic (exact) mass is 387 g/mol. The zero-order chi connectivity index (χ0) is 19.6. The van der Waals surface area contributed by atoms with Crippen molar-refractivity contribution in [2.45, 2.75) is 18.7 Å². The number of hydrogen-bond acceptors (Lipinski definition) is 4. The van der Waals surface area contributed by atoms with Crippen molar-refractivity contribution in [3.8, 4) is 0 Å². The van der Waals surface area contributed by atoms with Crippen LogP contribution in [-0.4, -0.2) is 52.5 Å². The lowest BCUT2D eigenvalue weighted by Gasteiger charge is -2.37. The van der Waals surface area contributed by atoms with Crippen LogP contribution in [0.3, 0.4) is 0 Å². The van der Waals surface area contributed by atoms with E-state index in [0.717, 1.165) is 13.1 Å². The van der Waals surface area contributed by atoms with E-state index in [9.17, 15) is 13.2 Å². The van der Waals surface area contributed by atoms with Gasteiger partial charge in [-0.2, -0.15) is 0 Å². The Bertz CT molecular complexity index is 931. The van der Waals surface area contributed by atoms with E-state index < -0.39 is 10.0 Å². The number of amides is 1. The smallest absolute Gasteiger partial charge is 0.253 e. The molecule has 7 heteroatoms. The lowest BCUT2D eigenvalue weighted by molar-refractivity contribution is 0.0746. The normalized spacial score (nSPS) is 15.1. The van der Waals surface area contributed by atoms with Gasteiger partial charge in [0.1, 0.15) is 0 Å². The van der Waals surface area contributed by atoms with E-state index in [1.54, 1.807) is 12.1 Å². The summed E-state index contributed by atoms with van der Waals surface area (Å²) in [6, 6.07) is 12.4. The Labute approximate surface area is 160 Å². The zero-order valence-corrected chi connectivity index (χ0v) is 16.7. The van der Waals surface area contributed by atoms with E-state index in [1.807, 2.05) is 4.90 Å². The Kier molecular flexibility index (Phi) is 5.53. The summed E-state index contributed by atoms with van der Waals surface area (Å²) in [6.07, 6.45) is 0. The number of benzene rings is 2. The molecule has 0 aromatic heterocycles. The maximum atomic E-state index is 12.7. The van der Waals surface area contributed by atoms with Crippen LogP contribution >= 0.6 is 0 Å². The summed E-state index contributed by atoms with van der Waals surface area (Å²) < 4.78 is 25.9. The number of hydrogen-bond donors (Lipinski definition) is 1. The molecule has 0 aliphatic carbocycles. The standard InChI is InChI=1S/C20H25N3O3S/c1-15-5-4-6-19(16(15)2)22-11-13-23(14-12-22)20(24)17-7-9-18(10-8-17)27(25,26)21-3/h4-10,21H,11-14H2,1-3H3. The van der Waals surface area contributed by atoms with Crippen LogP contribution in [0.2, 0.25) is 0 Å².